The summed E-state index contributed by atoms with van der Waals surface area (Å²) in [5, 5.41) is 57.6. The van der Waals surface area contributed by atoms with Crippen LogP contribution in [0.3, 0.4) is 0 Å². The summed E-state index contributed by atoms with van der Waals surface area (Å²) < 4.78 is 0. The maximum absolute atomic E-state index is 15.7. The van der Waals surface area contributed by atoms with Gasteiger partial charge in [-0.05, 0) is 153 Å². The molecule has 2 fully saturated rings. The Hall–Kier alpha value is -11.4. The maximum atomic E-state index is 15.7. The van der Waals surface area contributed by atoms with E-state index >= 15 is 62.3 Å². The molecule has 52 nitrogen and oxygen atoms in total. The van der Waals surface area contributed by atoms with Gasteiger partial charge in [0.15, 0.2) is 5.96 Å². The van der Waals surface area contributed by atoms with Crippen molar-refractivity contribution >= 4 is 173 Å². The van der Waals surface area contributed by atoms with Crippen LogP contribution < -0.4 is 153 Å². The van der Waals surface area contributed by atoms with Gasteiger partial charge in [-0.3, -0.25) is 106 Å². The van der Waals surface area contributed by atoms with Gasteiger partial charge in [-0.1, -0.05) is 138 Å². The second-order valence-corrected chi connectivity index (χ2v) is 41.9. The number of guanidine groups is 1. The highest BCUT2D eigenvalue weighted by Crippen LogP contribution is 2.27. The highest BCUT2D eigenvalue weighted by Gasteiger charge is 2.43. The molecule has 22 atom stereocenters. The Morgan fingerprint density at radius 1 is 0.432 bits per heavy atom. The largest absolute Gasteiger partial charge is 0.370 e. The molecule has 3 heterocycles. The Balaban J connectivity index is 2.76. The summed E-state index contributed by atoms with van der Waals surface area (Å²) in [6.07, 6.45) is 2.63. The van der Waals surface area contributed by atoms with Crippen molar-refractivity contribution in [2.75, 3.05) is 62.3 Å². The highest BCUT2D eigenvalue weighted by atomic mass is 33.1. The first-order valence-corrected chi connectivity index (χ1v) is 54.5. The van der Waals surface area contributed by atoms with Crippen LogP contribution in [0.1, 0.15) is 210 Å². The van der Waals surface area contributed by atoms with E-state index in [1.807, 2.05) is 0 Å². The van der Waals surface area contributed by atoms with E-state index < -0.39 is 311 Å². The molecule has 1 aromatic rings. The van der Waals surface area contributed by atoms with Crippen molar-refractivity contribution in [3.8, 4) is 0 Å². The first-order chi connectivity index (χ1) is 69.1. The topological polar surface area (TPSA) is 874 Å². The summed E-state index contributed by atoms with van der Waals surface area (Å²) in [6, 6.07) is -29.6. The quantitative estimate of drug-likeness (QED) is 0.0125. The van der Waals surface area contributed by atoms with Crippen LogP contribution >= 0.6 is 43.2 Å². The molecule has 2 saturated heterocycles. The smallest absolute Gasteiger partial charge is 0.244 e. The van der Waals surface area contributed by atoms with E-state index in [-0.39, 0.29) is 135 Å². The van der Waals surface area contributed by atoms with Gasteiger partial charge in [0.05, 0.1) is 37.4 Å². The zero-order valence-corrected chi connectivity index (χ0v) is 88.5. The first-order valence-electron chi connectivity index (χ1n) is 49.5. The van der Waals surface area contributed by atoms with Crippen molar-refractivity contribution < 1.29 is 101 Å². The number of carbonyl (C=O) groups is 21. The van der Waals surface area contributed by atoms with Gasteiger partial charge in [-0.2, -0.15) is 0 Å². The average Bonchev–Trinajstić information content (AvgIpc) is 0.965. The predicted octanol–water partition coefficient (Wildman–Crippen LogP) is -7.70. The minimum atomic E-state index is -2.12. The number of hydrogen-bond acceptors (Lipinski definition) is 32. The monoisotopic (exact) mass is 2140 g/mol. The van der Waals surface area contributed by atoms with Crippen molar-refractivity contribution in [2.24, 2.45) is 81.2 Å². The van der Waals surface area contributed by atoms with Gasteiger partial charge in [0.2, 0.25) is 124 Å². The molecule has 21 amide bonds. The average molecular weight is 2140 g/mol. The van der Waals surface area contributed by atoms with E-state index in [1.54, 1.807) is 55.4 Å². The van der Waals surface area contributed by atoms with Crippen LogP contribution in [0, 0.1) is 35.0 Å². The number of carbonyl (C=O) groups excluding carboxylic acids is 21. The summed E-state index contributed by atoms with van der Waals surface area (Å²) in [7, 11) is 2.98. The fourth-order valence-corrected chi connectivity index (χ4v) is 19.4. The first kappa shape index (κ1) is 129. The molecule has 0 saturated carbocycles. The zero-order chi connectivity index (χ0) is 110. The number of nitrogens with zero attached hydrogens (tertiary/aromatic N) is 1. The Morgan fingerprint density at radius 2 is 0.856 bits per heavy atom. The Labute approximate surface area is 866 Å². The van der Waals surface area contributed by atoms with E-state index in [9.17, 15) is 38.4 Å². The summed E-state index contributed by atoms with van der Waals surface area (Å²) in [5.41, 5.74) is 52.6. The molecular weight excluding hydrogens is 1980 g/mol. The number of nitrogens with one attached hydrogen (secondary N) is 21. The van der Waals surface area contributed by atoms with E-state index in [4.69, 9.17) is 57.0 Å². The number of H-pyrrole nitrogens is 1. The molecule has 146 heavy (non-hydrogen) atoms. The van der Waals surface area contributed by atoms with E-state index in [0.717, 1.165) is 43.2 Å². The third kappa shape index (κ3) is 46.7. The van der Waals surface area contributed by atoms with E-state index in [1.165, 1.54) is 33.3 Å². The summed E-state index contributed by atoms with van der Waals surface area (Å²) >= 11 is 0. The van der Waals surface area contributed by atoms with Crippen molar-refractivity contribution in [3.63, 3.8) is 0 Å². The molecule has 39 N–H and O–H groups in total. The Kier molecular flexibility index (Phi) is 60.7. The lowest BCUT2D eigenvalue weighted by Gasteiger charge is -2.31. The van der Waals surface area contributed by atoms with Crippen LogP contribution in [0.2, 0.25) is 0 Å². The van der Waals surface area contributed by atoms with Gasteiger partial charge in [-0.25, -0.2) is 4.98 Å². The molecule has 0 spiro atoms. The normalized spacial score (nSPS) is 24.1. The van der Waals surface area contributed by atoms with Crippen LogP contribution in [0.15, 0.2) is 12.5 Å². The lowest BCUT2D eigenvalue weighted by atomic mass is 9.95. The van der Waals surface area contributed by atoms with Crippen LogP contribution in [0.25, 0.3) is 0 Å². The molecule has 56 heteroatoms. The maximum Gasteiger partial charge on any atom is 0.244 e. The number of nitrogens with two attached hydrogens (primary N) is 9. The van der Waals surface area contributed by atoms with Gasteiger partial charge >= 0.3 is 0 Å². The second-order valence-electron chi connectivity index (χ2n) is 36.8. The predicted molar refractivity (Wildman–Crippen MR) is 552 cm³/mol. The van der Waals surface area contributed by atoms with E-state index in [2.05, 4.69) is 111 Å². The van der Waals surface area contributed by atoms with Crippen molar-refractivity contribution in [3.05, 3.63) is 18.2 Å². The number of aromatic amines is 1. The molecule has 2 aliphatic rings. The molecule has 1 aromatic heterocycles. The third-order valence-corrected chi connectivity index (χ3v) is 29.5. The number of primary amides is 3. The SMILES string of the molecule is CC[C@H](C)[C@H](N)C(=O)N[C@@H](CCCCN)C(=O)N[C@H]1CSSC[C@@H]2NC(=O)[C@@H]([C@@H](C)CC)NC(=O)[C@H](Cc3c[nH]cn3)NC(=O)[C@H](C)NC(=O)[C@H](CCCCN)NC(=O)[C@@H]([C@@H](C)CC)NC(=O)[C@H](C(C)C)NC(=O)[C@H](CSSC[C@@H](C(=O)NCC(=O)N[C@@H](CCCCN)C(=O)N[C@@H](CC(N)=O)C(N)=O)NC(=O)[C@H]([C@@H](C)CC)NC(=O)[C@H](CCCCN)NC(=O)[C@H](CCCNC(=N)N)NC2=O)NC(=O)[C@H](CC(N)=O)NC1=O. The van der Waals surface area contributed by atoms with Gasteiger partial charge in [0.25, 0.3) is 0 Å². The molecule has 3 rings (SSSR count). The molecule has 0 radical (unpaired) electrons. The van der Waals surface area contributed by atoms with E-state index in [0.29, 0.717) is 25.7 Å². The number of aromatic nitrogens is 2. The molecular formula is C90H159N31O21S4. The van der Waals surface area contributed by atoms with Crippen molar-refractivity contribution in [2.45, 2.75) is 320 Å². The standard InChI is InChI=1S/C90H159N31O21S4/c1-12-46(7)67(97)85(138)109-54(27-18-22-32-93)78(131)114-61-41-144-145-42-62-82(135)108-56(29-24-34-102-90(99)100)77(130)107-55(28-19-23-33-94)79(132)119-69(47(8)13-2)88(141)116-60(74(127)103-39-66(124)106-52(25-16-20-30-91)76(129)111-57(72(98)125)36-64(95)122)40-143-146-43-63(115-80(133)59(37-65(96)123)113-83(61)136)84(137)118-68(45(5)6)86(139)121-71(49(10)15-4)87(140)110-53(26-17-21-31-92)75(128)105-50(11)73(126)112-58(35-51-38-101-44-104-51)81(134)120-70(48(9)14-3)89(142)117-62/h38,44-50,52-63,67-71H,12-37,39-43,91-94,97H2,1-11H3,(H2,95,122)(H2,96,123)(H2,98,125)(H,101,104)(H,103,127)(H,105,128)(H,106,124)(H,107,130)(H,108,135)(H,109,138)(H,110,140)(H,111,129)(H,112,126)(H,113,136)(H,114,131)(H,115,133)(H,116,141)(H,117,142)(H,118,137)(H,119,132)(H,120,134)(H,121,139)(H4,99,100,102)/t46-,47-,48-,49-,50-,52-,53-,54-,55-,56-,57-,58-,59-,60-,61-,62-,63-,67-,68-,69-,70+,71+/m0/s1. The summed E-state index contributed by atoms with van der Waals surface area (Å²) in [5.74, 6) is -28.8. The van der Waals surface area contributed by atoms with Crippen molar-refractivity contribution in [1.29, 1.82) is 5.41 Å². The lowest BCUT2D eigenvalue weighted by Crippen LogP contribution is -2.62. The van der Waals surface area contributed by atoms with Crippen LogP contribution in [-0.2, 0) is 107 Å². The second kappa shape index (κ2) is 68.9. The van der Waals surface area contributed by atoms with Crippen LogP contribution in [0.4, 0.5) is 0 Å². The van der Waals surface area contributed by atoms with Gasteiger partial charge in [-0.15, -0.1) is 0 Å². The van der Waals surface area contributed by atoms with Gasteiger partial charge < -0.3 is 158 Å². The minimum Gasteiger partial charge on any atom is -0.370 e. The molecule has 0 aliphatic carbocycles. The number of rotatable bonds is 46. The minimum absolute atomic E-state index is 0.0638. The van der Waals surface area contributed by atoms with Crippen molar-refractivity contribution in [1.82, 2.24) is 111 Å². The molecule has 0 unspecified atom stereocenters. The van der Waals surface area contributed by atoms with Crippen LogP contribution in [0.5, 0.6) is 0 Å². The molecule has 824 valence electrons. The summed E-state index contributed by atoms with van der Waals surface area (Å²) in [4.78, 5) is 315. The number of amides is 21. The lowest BCUT2D eigenvalue weighted by molar-refractivity contribution is -0.137. The molecule has 2 aliphatic heterocycles. The highest BCUT2D eigenvalue weighted by molar-refractivity contribution is 8.77. The molecule has 2 bridgehead atoms. The Bertz CT molecular complexity index is 4480. The fourth-order valence-electron chi connectivity index (χ4n) is 14.8. The Morgan fingerprint density at radius 3 is 1.36 bits per heavy atom. The number of imidazole rings is 1. The third-order valence-electron chi connectivity index (χ3n) is 24.7. The number of fused-ring (bicyclic) bond motifs is 11. The van der Waals surface area contributed by atoms with Crippen LogP contribution in [-0.4, -0.2) is 311 Å². The fraction of sp³-hybridized carbons (Fsp3) is 0.722. The number of hydrogen-bond donors (Lipinski definition) is 30. The zero-order valence-electron chi connectivity index (χ0n) is 85.2. The van der Waals surface area contributed by atoms with Gasteiger partial charge in [0.1, 0.15) is 103 Å². The number of unbranched alkanes of at least 4 members (excludes halogenated alkanes) is 4. The summed E-state index contributed by atoms with van der Waals surface area (Å²) in [6.45, 7) is 17.0. The molecule has 0 aromatic carbocycles. The van der Waals surface area contributed by atoms with Gasteiger partial charge in [0, 0.05) is 42.2 Å².